The topological polar surface area (TPSA) is 100 Å². The number of likely N-dealkylation sites (tertiary alicyclic amines) is 1. The van der Waals surface area contributed by atoms with Crippen molar-refractivity contribution in [2.24, 2.45) is 5.73 Å². The summed E-state index contributed by atoms with van der Waals surface area (Å²) in [5.41, 5.74) is 10.0. The van der Waals surface area contributed by atoms with Crippen molar-refractivity contribution in [3.63, 3.8) is 0 Å². The number of rotatable bonds is 7. The highest BCUT2D eigenvalue weighted by Crippen LogP contribution is 2.38. The van der Waals surface area contributed by atoms with Gasteiger partial charge in [-0.1, -0.05) is 31.9 Å². The van der Waals surface area contributed by atoms with Gasteiger partial charge in [0.05, 0.1) is 16.9 Å². The van der Waals surface area contributed by atoms with Gasteiger partial charge in [0.2, 0.25) is 5.91 Å². The van der Waals surface area contributed by atoms with Crippen molar-refractivity contribution in [1.82, 2.24) is 9.88 Å². The van der Waals surface area contributed by atoms with Crippen molar-refractivity contribution >= 4 is 29.0 Å². The summed E-state index contributed by atoms with van der Waals surface area (Å²) < 4.78 is 0. The molecule has 1 aliphatic carbocycles. The minimum atomic E-state index is -0.434. The monoisotopic (exact) mass is 449 g/mol. The summed E-state index contributed by atoms with van der Waals surface area (Å²) in [5.74, 6) is 1.29. The van der Waals surface area contributed by atoms with Crippen LogP contribution in [0, 0.1) is 0 Å². The minimum Gasteiger partial charge on any atom is -0.387 e. The maximum atomic E-state index is 12.2. The Morgan fingerprint density at radius 1 is 1.06 bits per heavy atom. The molecular formula is C26H35N5O2. The van der Waals surface area contributed by atoms with Crippen LogP contribution in [-0.4, -0.2) is 41.8 Å². The van der Waals surface area contributed by atoms with E-state index in [1.54, 1.807) is 7.05 Å². The fraction of sp³-hybridized carbons (Fsp3) is 0.500. The first-order valence-corrected chi connectivity index (χ1v) is 12.2. The van der Waals surface area contributed by atoms with E-state index in [9.17, 15) is 9.59 Å². The Labute approximate surface area is 196 Å². The Balaban J connectivity index is 1.49. The summed E-state index contributed by atoms with van der Waals surface area (Å²) in [7, 11) is 1.80. The molecule has 2 heterocycles. The zero-order chi connectivity index (χ0) is 23.4. The van der Waals surface area contributed by atoms with E-state index < -0.39 is 5.91 Å². The molecule has 7 heteroatoms. The molecule has 2 amide bonds. The molecule has 2 aromatic rings. The number of anilines is 3. The third kappa shape index (κ3) is 5.13. The SMILES string of the molecule is CCC(=O)N1CCC(c2ccc(Nc3cc(NC)c(C(N)=O)c(C4CCCC4)n3)cc2)CC1. The van der Waals surface area contributed by atoms with Crippen molar-refractivity contribution < 1.29 is 9.59 Å². The van der Waals surface area contributed by atoms with Gasteiger partial charge in [-0.2, -0.15) is 0 Å². The second-order valence-electron chi connectivity index (χ2n) is 9.17. The summed E-state index contributed by atoms with van der Waals surface area (Å²) >= 11 is 0. The van der Waals surface area contributed by atoms with Crippen LogP contribution >= 0.6 is 0 Å². The molecule has 1 saturated carbocycles. The largest absolute Gasteiger partial charge is 0.387 e. The molecule has 0 bridgehead atoms. The second kappa shape index (κ2) is 10.2. The number of hydrogen-bond acceptors (Lipinski definition) is 5. The Kier molecular flexibility index (Phi) is 7.16. The van der Waals surface area contributed by atoms with Crippen molar-refractivity contribution in [1.29, 1.82) is 0 Å². The van der Waals surface area contributed by atoms with Gasteiger partial charge >= 0.3 is 0 Å². The average molecular weight is 450 g/mol. The summed E-state index contributed by atoms with van der Waals surface area (Å²) in [6.07, 6.45) is 6.98. The highest BCUT2D eigenvalue weighted by molar-refractivity contribution is 6.00. The second-order valence-corrected chi connectivity index (χ2v) is 9.17. The highest BCUT2D eigenvalue weighted by Gasteiger charge is 2.27. The zero-order valence-electron chi connectivity index (χ0n) is 19.7. The van der Waals surface area contributed by atoms with Crippen LogP contribution < -0.4 is 16.4 Å². The lowest BCUT2D eigenvalue weighted by Gasteiger charge is -2.32. The first-order chi connectivity index (χ1) is 16.0. The molecule has 0 radical (unpaired) electrons. The number of primary amides is 1. The van der Waals surface area contributed by atoms with Gasteiger partial charge in [-0.3, -0.25) is 9.59 Å². The molecule has 0 atom stereocenters. The molecule has 4 rings (SSSR count). The number of pyridine rings is 1. The van der Waals surface area contributed by atoms with Crippen LogP contribution in [0.4, 0.5) is 17.2 Å². The predicted molar refractivity (Wildman–Crippen MR) is 132 cm³/mol. The fourth-order valence-corrected chi connectivity index (χ4v) is 5.25. The van der Waals surface area contributed by atoms with Crippen LogP contribution in [0.15, 0.2) is 30.3 Å². The molecule has 1 aromatic carbocycles. The third-order valence-electron chi connectivity index (χ3n) is 7.11. The zero-order valence-corrected chi connectivity index (χ0v) is 19.7. The number of piperidine rings is 1. The number of aromatic nitrogens is 1. The van der Waals surface area contributed by atoms with Crippen molar-refractivity contribution in [2.75, 3.05) is 30.8 Å². The van der Waals surface area contributed by atoms with E-state index in [-0.39, 0.29) is 11.8 Å². The summed E-state index contributed by atoms with van der Waals surface area (Å²) in [6, 6.07) is 10.3. The van der Waals surface area contributed by atoms with Gasteiger partial charge in [0.1, 0.15) is 5.82 Å². The smallest absolute Gasteiger partial charge is 0.252 e. The quantitative estimate of drug-likeness (QED) is 0.567. The molecule has 1 aliphatic heterocycles. The van der Waals surface area contributed by atoms with E-state index in [0.717, 1.165) is 63.0 Å². The Morgan fingerprint density at radius 2 is 1.73 bits per heavy atom. The van der Waals surface area contributed by atoms with Gasteiger partial charge in [-0.25, -0.2) is 4.98 Å². The molecule has 4 N–H and O–H groups in total. The van der Waals surface area contributed by atoms with E-state index in [4.69, 9.17) is 10.7 Å². The lowest BCUT2D eigenvalue weighted by molar-refractivity contribution is -0.131. The van der Waals surface area contributed by atoms with Crippen LogP contribution in [0.1, 0.15) is 85.3 Å². The van der Waals surface area contributed by atoms with Crippen LogP contribution in [0.3, 0.4) is 0 Å². The Morgan fingerprint density at radius 3 is 2.30 bits per heavy atom. The van der Waals surface area contributed by atoms with Gasteiger partial charge in [-0.15, -0.1) is 0 Å². The molecule has 33 heavy (non-hydrogen) atoms. The standard InChI is InChI=1S/C26H35N5O2/c1-3-23(32)31-14-12-18(13-15-31)17-8-10-20(11-9-17)29-22-16-21(28-2)24(26(27)33)25(30-22)19-6-4-5-7-19/h8-11,16,18-19H,3-7,12-15H2,1-2H3,(H2,27,33)(H2,28,29,30). The number of nitrogens with zero attached hydrogens (tertiary/aromatic N) is 2. The summed E-state index contributed by atoms with van der Waals surface area (Å²) in [4.78, 5) is 30.9. The average Bonchev–Trinajstić information content (AvgIpc) is 3.38. The Hall–Kier alpha value is -3.09. The maximum absolute atomic E-state index is 12.2. The van der Waals surface area contributed by atoms with Gasteiger partial charge in [0, 0.05) is 44.2 Å². The van der Waals surface area contributed by atoms with Gasteiger partial charge in [-0.05, 0) is 49.3 Å². The van der Waals surface area contributed by atoms with E-state index in [0.29, 0.717) is 29.4 Å². The molecule has 7 nitrogen and oxygen atoms in total. The van der Waals surface area contributed by atoms with Crippen molar-refractivity contribution in [3.05, 3.63) is 47.2 Å². The van der Waals surface area contributed by atoms with Crippen LogP contribution in [0.5, 0.6) is 0 Å². The summed E-state index contributed by atoms with van der Waals surface area (Å²) in [6.45, 7) is 3.60. The number of carbonyl (C=O) groups excluding carboxylic acids is 2. The minimum absolute atomic E-state index is 0.251. The van der Waals surface area contributed by atoms with Crippen molar-refractivity contribution in [2.45, 2.75) is 63.7 Å². The van der Waals surface area contributed by atoms with Gasteiger partial charge < -0.3 is 21.3 Å². The normalized spacial score (nSPS) is 17.2. The number of hydrogen-bond donors (Lipinski definition) is 3. The molecule has 176 valence electrons. The Bertz CT molecular complexity index is 990. The molecule has 2 fully saturated rings. The van der Waals surface area contributed by atoms with E-state index in [2.05, 4.69) is 34.9 Å². The van der Waals surface area contributed by atoms with Crippen molar-refractivity contribution in [3.8, 4) is 0 Å². The fourth-order valence-electron chi connectivity index (χ4n) is 5.25. The van der Waals surface area contributed by atoms with Crippen LogP contribution in [0.2, 0.25) is 0 Å². The summed E-state index contributed by atoms with van der Waals surface area (Å²) in [5, 5.41) is 6.54. The molecule has 1 aromatic heterocycles. The predicted octanol–water partition coefficient (Wildman–Crippen LogP) is 4.74. The van der Waals surface area contributed by atoms with Crippen LogP contribution in [-0.2, 0) is 4.79 Å². The van der Waals surface area contributed by atoms with Gasteiger partial charge in [0.25, 0.3) is 5.91 Å². The molecular weight excluding hydrogens is 414 g/mol. The van der Waals surface area contributed by atoms with Gasteiger partial charge in [0.15, 0.2) is 0 Å². The first kappa shape index (κ1) is 23.1. The highest BCUT2D eigenvalue weighted by atomic mass is 16.2. The number of carbonyl (C=O) groups is 2. The van der Waals surface area contributed by atoms with E-state index in [1.807, 2.05) is 17.9 Å². The molecule has 0 spiro atoms. The number of benzene rings is 1. The number of nitrogens with one attached hydrogen (secondary N) is 2. The molecule has 2 aliphatic rings. The lowest BCUT2D eigenvalue weighted by atomic mass is 9.89. The number of amides is 2. The first-order valence-electron chi connectivity index (χ1n) is 12.2. The molecule has 0 unspecified atom stereocenters. The van der Waals surface area contributed by atoms with E-state index in [1.165, 1.54) is 5.56 Å². The van der Waals surface area contributed by atoms with Crippen LogP contribution in [0.25, 0.3) is 0 Å². The van der Waals surface area contributed by atoms with E-state index >= 15 is 0 Å². The molecule has 1 saturated heterocycles. The third-order valence-corrected chi connectivity index (χ3v) is 7.11. The number of nitrogens with two attached hydrogens (primary N) is 1. The maximum Gasteiger partial charge on any atom is 0.252 e. The lowest BCUT2D eigenvalue weighted by Crippen LogP contribution is -2.37.